The Balaban J connectivity index is 1.26. The van der Waals surface area contributed by atoms with Crippen molar-refractivity contribution in [2.24, 2.45) is 0 Å². The molecule has 3 amide bonds. The summed E-state index contributed by atoms with van der Waals surface area (Å²) in [6.45, 7) is 0.616. The number of allylic oxidation sites excluding steroid dienone is 4. The van der Waals surface area contributed by atoms with Gasteiger partial charge in [0.2, 0.25) is 5.88 Å². The molecule has 5 rings (SSSR count). The van der Waals surface area contributed by atoms with Crippen LogP contribution in [0.5, 0.6) is 0 Å². The Morgan fingerprint density at radius 2 is 1.68 bits per heavy atom. The van der Waals surface area contributed by atoms with Crippen LogP contribution < -0.4 is 16.4 Å². The minimum atomic E-state index is -0.369. The molecular weight excluding hydrogens is 506 g/mol. The summed E-state index contributed by atoms with van der Waals surface area (Å²) >= 11 is 0. The Labute approximate surface area is 232 Å². The first-order chi connectivity index (χ1) is 19.5. The lowest BCUT2D eigenvalue weighted by Gasteiger charge is -2.25. The SMILES string of the molecule is Nc1ccccc1NC(=O)c1ccc(CN(Cc2ccncc2)C(=O)NC2=COC=C(C3=CC=CCC3)O2)cc1. The Hall–Kier alpha value is -5.31. The van der Waals surface area contributed by atoms with E-state index in [4.69, 9.17) is 15.2 Å². The molecule has 2 aliphatic rings. The highest BCUT2D eigenvalue weighted by molar-refractivity contribution is 6.05. The molecule has 4 N–H and O–H groups in total. The van der Waals surface area contributed by atoms with Crippen LogP contribution in [0.25, 0.3) is 0 Å². The highest BCUT2D eigenvalue weighted by Gasteiger charge is 2.21. The summed E-state index contributed by atoms with van der Waals surface area (Å²) in [6, 6.07) is 17.5. The van der Waals surface area contributed by atoms with E-state index in [0.717, 1.165) is 29.5 Å². The first kappa shape index (κ1) is 26.3. The summed E-state index contributed by atoms with van der Waals surface area (Å²) in [6.07, 6.45) is 14.0. The maximum absolute atomic E-state index is 13.4. The molecule has 1 aliphatic heterocycles. The number of nitrogens with two attached hydrogens (primary N) is 1. The Bertz CT molecular complexity index is 1490. The number of para-hydroxylation sites is 2. The molecule has 0 radical (unpaired) electrons. The van der Waals surface area contributed by atoms with Gasteiger partial charge in [-0.15, -0.1) is 0 Å². The number of nitrogen functional groups attached to an aromatic ring is 1. The summed E-state index contributed by atoms with van der Waals surface area (Å²) in [5.74, 6) is 0.489. The molecule has 1 aromatic heterocycles. The topological polar surface area (TPSA) is 119 Å². The minimum absolute atomic E-state index is 0.199. The van der Waals surface area contributed by atoms with Crippen molar-refractivity contribution in [3.8, 4) is 0 Å². The highest BCUT2D eigenvalue weighted by atomic mass is 16.6. The Morgan fingerprint density at radius 3 is 2.40 bits per heavy atom. The fourth-order valence-corrected chi connectivity index (χ4v) is 4.21. The van der Waals surface area contributed by atoms with Gasteiger partial charge in [-0.1, -0.05) is 42.5 Å². The van der Waals surface area contributed by atoms with Gasteiger partial charge in [-0.3, -0.25) is 15.1 Å². The molecule has 2 aromatic carbocycles. The molecule has 40 heavy (non-hydrogen) atoms. The van der Waals surface area contributed by atoms with Crippen LogP contribution in [0.3, 0.4) is 0 Å². The van der Waals surface area contributed by atoms with E-state index < -0.39 is 0 Å². The van der Waals surface area contributed by atoms with Crippen LogP contribution in [-0.4, -0.2) is 21.8 Å². The maximum atomic E-state index is 13.4. The highest BCUT2D eigenvalue weighted by Crippen LogP contribution is 2.25. The smallest absolute Gasteiger partial charge is 0.324 e. The van der Waals surface area contributed by atoms with Gasteiger partial charge in [0, 0.05) is 31.0 Å². The van der Waals surface area contributed by atoms with Crippen molar-refractivity contribution in [1.82, 2.24) is 15.2 Å². The summed E-state index contributed by atoms with van der Waals surface area (Å²) in [4.78, 5) is 31.8. The molecule has 3 aromatic rings. The number of rotatable bonds is 8. The van der Waals surface area contributed by atoms with Crippen LogP contribution in [0, 0.1) is 0 Å². The lowest BCUT2D eigenvalue weighted by atomic mass is 10.0. The number of hydrogen-bond donors (Lipinski definition) is 3. The number of carbonyl (C=O) groups is 2. The summed E-state index contributed by atoms with van der Waals surface area (Å²) in [5, 5.41) is 5.64. The number of ether oxygens (including phenoxy) is 2. The third-order valence-corrected chi connectivity index (χ3v) is 6.34. The molecule has 0 saturated heterocycles. The summed E-state index contributed by atoms with van der Waals surface area (Å²) in [5.41, 5.74) is 10.2. The van der Waals surface area contributed by atoms with Gasteiger partial charge in [-0.2, -0.15) is 0 Å². The number of amides is 3. The van der Waals surface area contributed by atoms with E-state index in [1.807, 2.05) is 36.4 Å². The van der Waals surface area contributed by atoms with Gasteiger partial charge in [0.05, 0.1) is 11.4 Å². The Kier molecular flexibility index (Phi) is 8.21. The number of urea groups is 1. The van der Waals surface area contributed by atoms with E-state index in [1.165, 1.54) is 12.5 Å². The van der Waals surface area contributed by atoms with Crippen molar-refractivity contribution in [1.29, 1.82) is 0 Å². The Morgan fingerprint density at radius 1 is 0.925 bits per heavy atom. The van der Waals surface area contributed by atoms with Crippen LogP contribution in [-0.2, 0) is 22.6 Å². The van der Waals surface area contributed by atoms with Gasteiger partial charge in [-0.05, 0) is 65.9 Å². The number of carbonyl (C=O) groups excluding carboxylic acids is 2. The molecule has 202 valence electrons. The average molecular weight is 536 g/mol. The van der Waals surface area contributed by atoms with Crippen molar-refractivity contribution in [3.05, 3.63) is 138 Å². The molecule has 9 heteroatoms. The van der Waals surface area contributed by atoms with Gasteiger partial charge in [0.25, 0.3) is 5.91 Å². The first-order valence-electron chi connectivity index (χ1n) is 12.8. The molecule has 0 atom stereocenters. The number of anilines is 2. The molecule has 0 fully saturated rings. The molecule has 1 aliphatic carbocycles. The van der Waals surface area contributed by atoms with Gasteiger partial charge in [0.1, 0.15) is 6.26 Å². The number of benzene rings is 2. The number of pyridine rings is 1. The first-order valence-corrected chi connectivity index (χ1v) is 12.8. The third-order valence-electron chi connectivity index (χ3n) is 6.34. The lowest BCUT2D eigenvalue weighted by molar-refractivity contribution is 0.102. The number of nitrogens with one attached hydrogen (secondary N) is 2. The van der Waals surface area contributed by atoms with E-state index in [9.17, 15) is 9.59 Å². The second-order valence-corrected chi connectivity index (χ2v) is 9.24. The van der Waals surface area contributed by atoms with Crippen molar-refractivity contribution in [2.45, 2.75) is 25.9 Å². The second kappa shape index (κ2) is 12.5. The fourth-order valence-electron chi connectivity index (χ4n) is 4.21. The lowest BCUT2D eigenvalue weighted by Crippen LogP contribution is -2.39. The summed E-state index contributed by atoms with van der Waals surface area (Å²) < 4.78 is 11.4. The van der Waals surface area contributed by atoms with Crippen LogP contribution in [0.2, 0.25) is 0 Å². The van der Waals surface area contributed by atoms with Crippen molar-refractivity contribution in [2.75, 3.05) is 11.1 Å². The van der Waals surface area contributed by atoms with Crippen LogP contribution in [0.15, 0.2) is 121 Å². The largest absolute Gasteiger partial charge is 0.463 e. The molecule has 0 bridgehead atoms. The molecule has 2 heterocycles. The van der Waals surface area contributed by atoms with Gasteiger partial charge < -0.3 is 25.4 Å². The van der Waals surface area contributed by atoms with Crippen molar-refractivity contribution in [3.63, 3.8) is 0 Å². The van der Waals surface area contributed by atoms with E-state index >= 15 is 0 Å². The normalized spacial score (nSPS) is 14.1. The van der Waals surface area contributed by atoms with Crippen LogP contribution in [0.4, 0.5) is 16.2 Å². The predicted octanol–water partition coefficient (Wildman–Crippen LogP) is 5.59. The van der Waals surface area contributed by atoms with Gasteiger partial charge in [0.15, 0.2) is 12.0 Å². The second-order valence-electron chi connectivity index (χ2n) is 9.24. The molecule has 0 spiro atoms. The zero-order valence-corrected chi connectivity index (χ0v) is 21.7. The minimum Gasteiger partial charge on any atom is -0.463 e. The monoisotopic (exact) mass is 535 g/mol. The zero-order valence-electron chi connectivity index (χ0n) is 21.7. The van der Waals surface area contributed by atoms with E-state index in [0.29, 0.717) is 29.2 Å². The summed E-state index contributed by atoms with van der Waals surface area (Å²) in [7, 11) is 0. The number of aromatic nitrogens is 1. The molecule has 9 nitrogen and oxygen atoms in total. The predicted molar refractivity (Wildman–Crippen MR) is 152 cm³/mol. The molecule has 0 saturated carbocycles. The van der Waals surface area contributed by atoms with E-state index in [2.05, 4.69) is 21.7 Å². The van der Waals surface area contributed by atoms with E-state index in [1.54, 1.807) is 53.7 Å². The third kappa shape index (κ3) is 6.76. The molecule has 0 unspecified atom stereocenters. The fraction of sp³-hybridized carbons (Fsp3) is 0.129. The molecular formula is C31H29N5O4. The van der Waals surface area contributed by atoms with Gasteiger partial charge in [-0.25, -0.2) is 4.79 Å². The zero-order chi connectivity index (χ0) is 27.7. The van der Waals surface area contributed by atoms with Crippen LogP contribution in [0.1, 0.15) is 34.3 Å². The standard InChI is InChI=1S/C31H29N5O4/c32-26-8-4-5-9-27(26)34-30(37)25-12-10-22(11-13-25)18-36(19-23-14-16-33-17-15-23)31(38)35-29-21-39-20-28(40-29)24-6-2-1-3-7-24/h1-2,4-6,8-17,20-21H,3,7,18-19,32H2,(H,34,37)(H,35,38). The van der Waals surface area contributed by atoms with Gasteiger partial charge >= 0.3 is 6.03 Å². The van der Waals surface area contributed by atoms with Crippen LogP contribution >= 0.6 is 0 Å². The number of nitrogens with zero attached hydrogens (tertiary/aromatic N) is 2. The van der Waals surface area contributed by atoms with Crippen molar-refractivity contribution >= 4 is 23.3 Å². The van der Waals surface area contributed by atoms with E-state index in [-0.39, 0.29) is 24.4 Å². The number of hydrogen-bond acceptors (Lipinski definition) is 6. The quantitative estimate of drug-likeness (QED) is 0.324. The maximum Gasteiger partial charge on any atom is 0.324 e. The van der Waals surface area contributed by atoms with Crippen molar-refractivity contribution < 1.29 is 19.1 Å². The average Bonchev–Trinajstić information content (AvgIpc) is 2.99.